The Bertz CT molecular complexity index is 538. The predicted molar refractivity (Wildman–Crippen MR) is 75.6 cm³/mol. The maximum atomic E-state index is 12.0. The number of nitrogens with one attached hydrogen (secondary N) is 2. The highest BCUT2D eigenvalue weighted by molar-refractivity contribution is 7.14. The van der Waals surface area contributed by atoms with E-state index in [0.717, 1.165) is 36.4 Å². The predicted octanol–water partition coefficient (Wildman–Crippen LogP) is 2.32. The number of amides is 1. The molecule has 2 N–H and O–H groups in total. The van der Waals surface area contributed by atoms with Crippen LogP contribution in [0.15, 0.2) is 18.5 Å². The lowest BCUT2D eigenvalue weighted by atomic mass is 10.2. The fraction of sp³-hybridized carbons (Fsp3) is 0.429. The van der Waals surface area contributed by atoms with Crippen molar-refractivity contribution in [3.8, 4) is 0 Å². The Morgan fingerprint density at radius 2 is 2.42 bits per heavy atom. The number of thiophene rings is 1. The molecule has 0 unspecified atom stereocenters. The molecule has 0 radical (unpaired) electrons. The highest BCUT2D eigenvalue weighted by Gasteiger charge is 2.17. The molecule has 0 fully saturated rings. The van der Waals surface area contributed by atoms with E-state index >= 15 is 0 Å². The molecule has 1 aliphatic carbocycles. The quantitative estimate of drug-likeness (QED) is 0.823. The third-order valence-corrected chi connectivity index (χ3v) is 4.64. The zero-order valence-corrected chi connectivity index (χ0v) is 11.6. The zero-order valence-electron chi connectivity index (χ0n) is 10.7. The Balaban J connectivity index is 1.45. The molecule has 19 heavy (non-hydrogen) atoms. The van der Waals surface area contributed by atoms with Gasteiger partial charge in [0.1, 0.15) is 5.82 Å². The van der Waals surface area contributed by atoms with Gasteiger partial charge in [0.2, 0.25) is 0 Å². The average molecular weight is 275 g/mol. The summed E-state index contributed by atoms with van der Waals surface area (Å²) in [4.78, 5) is 21.5. The molecule has 4 nitrogen and oxygen atoms in total. The minimum Gasteiger partial charge on any atom is -0.351 e. The molecule has 2 aromatic rings. The largest absolute Gasteiger partial charge is 0.351 e. The molecule has 5 heteroatoms. The molecular formula is C14H17N3OS. The van der Waals surface area contributed by atoms with Crippen LogP contribution in [0.1, 0.15) is 38.8 Å². The molecule has 0 bridgehead atoms. The molecule has 0 aliphatic heterocycles. The van der Waals surface area contributed by atoms with Gasteiger partial charge in [0.15, 0.2) is 0 Å². The summed E-state index contributed by atoms with van der Waals surface area (Å²) < 4.78 is 0. The molecule has 0 saturated carbocycles. The van der Waals surface area contributed by atoms with Crippen LogP contribution in [-0.4, -0.2) is 22.4 Å². The minimum absolute atomic E-state index is 0.0684. The monoisotopic (exact) mass is 275 g/mol. The Labute approximate surface area is 116 Å². The summed E-state index contributed by atoms with van der Waals surface area (Å²) in [5.74, 6) is 1.04. The lowest BCUT2D eigenvalue weighted by Crippen LogP contribution is -2.24. The molecule has 1 aliphatic rings. The summed E-state index contributed by atoms with van der Waals surface area (Å²) in [7, 11) is 0. The first-order valence-corrected chi connectivity index (χ1v) is 7.52. The second-order valence-corrected chi connectivity index (χ2v) is 5.94. The van der Waals surface area contributed by atoms with Crippen molar-refractivity contribution in [1.82, 2.24) is 15.3 Å². The summed E-state index contributed by atoms with van der Waals surface area (Å²) in [6.07, 6.45) is 8.87. The van der Waals surface area contributed by atoms with Crippen molar-refractivity contribution < 1.29 is 4.79 Å². The van der Waals surface area contributed by atoms with Gasteiger partial charge >= 0.3 is 0 Å². The first-order chi connectivity index (χ1) is 9.33. The summed E-state index contributed by atoms with van der Waals surface area (Å²) in [5, 5.41) is 2.98. The normalized spacial score (nSPS) is 13.5. The van der Waals surface area contributed by atoms with E-state index in [1.54, 1.807) is 17.5 Å². The van der Waals surface area contributed by atoms with Crippen LogP contribution in [0, 0.1) is 0 Å². The van der Waals surface area contributed by atoms with Crippen LogP contribution in [0.4, 0.5) is 0 Å². The third-order valence-electron chi connectivity index (χ3n) is 3.40. The van der Waals surface area contributed by atoms with Crippen LogP contribution >= 0.6 is 11.3 Å². The summed E-state index contributed by atoms with van der Waals surface area (Å²) in [5.41, 5.74) is 1.38. The van der Waals surface area contributed by atoms with Crippen LogP contribution in [0.5, 0.6) is 0 Å². The average Bonchev–Trinajstić information content (AvgIpc) is 3.09. The SMILES string of the molecule is O=C(NCCCc1ncc[nH]1)c1cc2c(s1)CCC2. The lowest BCUT2D eigenvalue weighted by Gasteiger charge is -2.02. The van der Waals surface area contributed by atoms with Crippen LogP contribution in [-0.2, 0) is 19.3 Å². The van der Waals surface area contributed by atoms with Gasteiger partial charge in [-0.1, -0.05) is 0 Å². The minimum atomic E-state index is 0.0684. The summed E-state index contributed by atoms with van der Waals surface area (Å²) in [6.45, 7) is 0.697. The molecule has 2 heterocycles. The van der Waals surface area contributed by atoms with Crippen molar-refractivity contribution in [3.63, 3.8) is 0 Å². The van der Waals surface area contributed by atoms with E-state index in [0.29, 0.717) is 6.54 Å². The number of carbonyl (C=O) groups is 1. The van der Waals surface area contributed by atoms with E-state index in [-0.39, 0.29) is 5.91 Å². The molecule has 0 atom stereocenters. The molecule has 100 valence electrons. The van der Waals surface area contributed by atoms with Crippen molar-refractivity contribution >= 4 is 17.2 Å². The maximum Gasteiger partial charge on any atom is 0.261 e. The van der Waals surface area contributed by atoms with E-state index in [9.17, 15) is 4.79 Å². The van der Waals surface area contributed by atoms with Gasteiger partial charge in [0.25, 0.3) is 5.91 Å². The topological polar surface area (TPSA) is 57.8 Å². The Kier molecular flexibility index (Phi) is 3.64. The van der Waals surface area contributed by atoms with Crippen molar-refractivity contribution in [3.05, 3.63) is 39.6 Å². The number of imidazole rings is 1. The van der Waals surface area contributed by atoms with Gasteiger partial charge in [0.05, 0.1) is 4.88 Å². The lowest BCUT2D eigenvalue weighted by molar-refractivity contribution is 0.0957. The first kappa shape index (κ1) is 12.4. The van der Waals surface area contributed by atoms with E-state index in [1.165, 1.54) is 16.9 Å². The molecule has 3 rings (SSSR count). The van der Waals surface area contributed by atoms with Crippen molar-refractivity contribution in [1.29, 1.82) is 0 Å². The van der Waals surface area contributed by atoms with E-state index in [1.807, 2.05) is 6.20 Å². The Morgan fingerprint density at radius 3 is 3.21 bits per heavy atom. The van der Waals surface area contributed by atoms with Gasteiger partial charge in [0, 0.05) is 30.2 Å². The highest BCUT2D eigenvalue weighted by Crippen LogP contribution is 2.30. The van der Waals surface area contributed by atoms with Crippen molar-refractivity contribution in [2.24, 2.45) is 0 Å². The Morgan fingerprint density at radius 1 is 1.47 bits per heavy atom. The van der Waals surface area contributed by atoms with Gasteiger partial charge in [-0.25, -0.2) is 4.98 Å². The number of carbonyl (C=O) groups excluding carboxylic acids is 1. The number of rotatable bonds is 5. The van der Waals surface area contributed by atoms with Crippen molar-refractivity contribution in [2.75, 3.05) is 6.54 Å². The number of H-pyrrole nitrogens is 1. The standard InChI is InChI=1S/C14H17N3OS/c18-14(12-9-10-3-1-4-11(10)19-12)17-6-2-5-13-15-7-8-16-13/h7-9H,1-6H2,(H,15,16)(H,17,18). The summed E-state index contributed by atoms with van der Waals surface area (Å²) >= 11 is 1.66. The molecule has 2 aromatic heterocycles. The number of nitrogens with zero attached hydrogens (tertiary/aromatic N) is 1. The van der Waals surface area contributed by atoms with Gasteiger partial charge in [-0.2, -0.15) is 0 Å². The number of aryl methyl sites for hydroxylation is 3. The number of aromatic nitrogens is 2. The van der Waals surface area contributed by atoms with Crippen LogP contribution < -0.4 is 5.32 Å². The third kappa shape index (κ3) is 2.87. The van der Waals surface area contributed by atoms with Crippen LogP contribution in [0.25, 0.3) is 0 Å². The van der Waals surface area contributed by atoms with Gasteiger partial charge in [-0.3, -0.25) is 4.79 Å². The van der Waals surface area contributed by atoms with E-state index in [2.05, 4.69) is 21.4 Å². The molecular weight excluding hydrogens is 258 g/mol. The van der Waals surface area contributed by atoms with Crippen molar-refractivity contribution in [2.45, 2.75) is 32.1 Å². The molecule has 0 spiro atoms. The molecule has 0 saturated heterocycles. The molecule has 1 amide bonds. The maximum absolute atomic E-state index is 12.0. The number of hydrogen-bond donors (Lipinski definition) is 2. The van der Waals surface area contributed by atoms with E-state index < -0.39 is 0 Å². The first-order valence-electron chi connectivity index (χ1n) is 6.71. The van der Waals surface area contributed by atoms with Gasteiger partial charge in [-0.05, 0) is 37.3 Å². The zero-order chi connectivity index (χ0) is 13.1. The fourth-order valence-electron chi connectivity index (χ4n) is 2.42. The number of aromatic amines is 1. The molecule has 0 aromatic carbocycles. The smallest absolute Gasteiger partial charge is 0.261 e. The Hall–Kier alpha value is -1.62. The fourth-order valence-corrected chi connectivity index (χ4v) is 3.59. The van der Waals surface area contributed by atoms with Gasteiger partial charge < -0.3 is 10.3 Å². The summed E-state index contributed by atoms with van der Waals surface area (Å²) in [6, 6.07) is 2.06. The van der Waals surface area contributed by atoms with Gasteiger partial charge in [-0.15, -0.1) is 11.3 Å². The second-order valence-electron chi connectivity index (χ2n) is 4.81. The van der Waals surface area contributed by atoms with Crippen LogP contribution in [0.3, 0.4) is 0 Å². The van der Waals surface area contributed by atoms with Crippen LogP contribution in [0.2, 0.25) is 0 Å². The van der Waals surface area contributed by atoms with E-state index in [4.69, 9.17) is 0 Å². The number of hydrogen-bond acceptors (Lipinski definition) is 3. The highest BCUT2D eigenvalue weighted by atomic mass is 32.1. The second kappa shape index (κ2) is 5.57. The number of fused-ring (bicyclic) bond motifs is 1.